The van der Waals surface area contributed by atoms with Gasteiger partial charge in [-0.25, -0.2) is 9.59 Å². The van der Waals surface area contributed by atoms with Crippen LogP contribution in [0.3, 0.4) is 0 Å². The van der Waals surface area contributed by atoms with Crippen LogP contribution in [0.15, 0.2) is 84.9 Å². The highest BCUT2D eigenvalue weighted by Crippen LogP contribution is 2.15. The summed E-state index contributed by atoms with van der Waals surface area (Å²) < 4.78 is 5.32. The van der Waals surface area contributed by atoms with Crippen molar-refractivity contribution in [2.24, 2.45) is 0 Å². The number of carbonyl (C=O) groups is 3. The van der Waals surface area contributed by atoms with E-state index in [0.29, 0.717) is 12.0 Å². The van der Waals surface area contributed by atoms with Gasteiger partial charge in [0.05, 0.1) is 5.56 Å². The summed E-state index contributed by atoms with van der Waals surface area (Å²) in [6.07, 6.45) is 0.327. The van der Waals surface area contributed by atoms with Gasteiger partial charge < -0.3 is 10.1 Å². The summed E-state index contributed by atoms with van der Waals surface area (Å²) in [5, 5.41) is 4.80. The summed E-state index contributed by atoms with van der Waals surface area (Å²) in [5.74, 6) is -1.29. The Hall–Kier alpha value is -3.93. The van der Waals surface area contributed by atoms with E-state index in [1.165, 1.54) is 12.5 Å². The van der Waals surface area contributed by atoms with E-state index in [1.54, 1.807) is 12.1 Å². The Morgan fingerprint density at radius 1 is 0.781 bits per heavy atom. The summed E-state index contributed by atoms with van der Waals surface area (Å²) in [6.45, 7) is 1.72. The molecule has 0 aliphatic heterocycles. The molecule has 2 N–H and O–H groups in total. The van der Waals surface area contributed by atoms with Gasteiger partial charge in [-0.15, -0.1) is 0 Å². The van der Waals surface area contributed by atoms with E-state index >= 15 is 0 Å². The minimum Gasteiger partial charge on any atom is -0.449 e. The quantitative estimate of drug-likeness (QED) is 0.528. The Balaban J connectivity index is 1.52. The lowest BCUT2D eigenvalue weighted by Crippen LogP contribution is -2.44. The molecule has 0 saturated heterocycles. The van der Waals surface area contributed by atoms with Gasteiger partial charge in [0, 0.05) is 6.54 Å². The standard InChI is InChI=1S/C26H26N2O4/c1-19(24(29)28-26(31)27-18-21-12-6-3-7-13-21)32-25(30)23-15-9-8-14-22(23)17-16-20-10-4-2-5-11-20/h2-15,19H,16-18H2,1H3,(H2,27,28,29,31). The van der Waals surface area contributed by atoms with E-state index in [9.17, 15) is 14.4 Å². The highest BCUT2D eigenvalue weighted by Gasteiger charge is 2.22. The van der Waals surface area contributed by atoms with Crippen LogP contribution in [0.25, 0.3) is 0 Å². The van der Waals surface area contributed by atoms with Crippen molar-refractivity contribution in [2.45, 2.75) is 32.4 Å². The Morgan fingerprint density at radius 2 is 1.38 bits per heavy atom. The van der Waals surface area contributed by atoms with Crippen LogP contribution < -0.4 is 10.6 Å². The second kappa shape index (κ2) is 11.5. The van der Waals surface area contributed by atoms with E-state index in [0.717, 1.165) is 17.5 Å². The molecule has 3 aromatic rings. The topological polar surface area (TPSA) is 84.5 Å². The van der Waals surface area contributed by atoms with Crippen LogP contribution >= 0.6 is 0 Å². The first-order valence-electron chi connectivity index (χ1n) is 10.5. The van der Waals surface area contributed by atoms with Crippen LogP contribution in [0.5, 0.6) is 0 Å². The molecule has 6 nitrogen and oxygen atoms in total. The van der Waals surface area contributed by atoms with Crippen LogP contribution in [-0.2, 0) is 28.9 Å². The smallest absolute Gasteiger partial charge is 0.339 e. The van der Waals surface area contributed by atoms with E-state index in [2.05, 4.69) is 10.6 Å². The Morgan fingerprint density at radius 3 is 2.06 bits per heavy atom. The summed E-state index contributed by atoms with van der Waals surface area (Å²) in [7, 11) is 0. The predicted octanol–water partition coefficient (Wildman–Crippen LogP) is 4.04. The summed E-state index contributed by atoms with van der Waals surface area (Å²) in [5.41, 5.74) is 3.33. The van der Waals surface area contributed by atoms with Crippen molar-refractivity contribution in [2.75, 3.05) is 0 Å². The molecule has 0 saturated carbocycles. The average Bonchev–Trinajstić information content (AvgIpc) is 2.83. The molecule has 3 amide bonds. The molecule has 0 fully saturated rings. The number of nitrogens with one attached hydrogen (secondary N) is 2. The highest BCUT2D eigenvalue weighted by molar-refractivity contribution is 5.98. The van der Waals surface area contributed by atoms with E-state index in [-0.39, 0.29) is 6.54 Å². The second-order valence-corrected chi connectivity index (χ2v) is 7.35. The number of rotatable bonds is 8. The summed E-state index contributed by atoms with van der Waals surface area (Å²) in [4.78, 5) is 36.9. The third-order valence-corrected chi connectivity index (χ3v) is 4.95. The molecule has 0 aliphatic carbocycles. The Kier molecular flexibility index (Phi) is 8.15. The number of amides is 3. The van der Waals surface area contributed by atoms with Gasteiger partial charge in [-0.3, -0.25) is 10.1 Å². The minimum absolute atomic E-state index is 0.281. The number of hydrogen-bond acceptors (Lipinski definition) is 4. The largest absolute Gasteiger partial charge is 0.449 e. The zero-order chi connectivity index (χ0) is 22.8. The predicted molar refractivity (Wildman–Crippen MR) is 122 cm³/mol. The molecule has 0 heterocycles. The molecule has 32 heavy (non-hydrogen) atoms. The number of hydrogen-bond donors (Lipinski definition) is 2. The van der Waals surface area contributed by atoms with Crippen LogP contribution in [-0.4, -0.2) is 24.0 Å². The molecule has 6 heteroatoms. The minimum atomic E-state index is -1.12. The number of ether oxygens (including phenoxy) is 1. The fraction of sp³-hybridized carbons (Fsp3) is 0.192. The second-order valence-electron chi connectivity index (χ2n) is 7.35. The maximum absolute atomic E-state index is 12.7. The number of urea groups is 1. The normalized spacial score (nSPS) is 11.3. The molecule has 0 aromatic heterocycles. The van der Waals surface area contributed by atoms with E-state index in [1.807, 2.05) is 72.8 Å². The van der Waals surface area contributed by atoms with Crippen molar-refractivity contribution in [3.8, 4) is 0 Å². The lowest BCUT2D eigenvalue weighted by molar-refractivity contribution is -0.127. The SMILES string of the molecule is CC(OC(=O)c1ccccc1CCc1ccccc1)C(=O)NC(=O)NCc1ccccc1. The molecule has 1 atom stereocenters. The Bertz CT molecular complexity index is 1050. The highest BCUT2D eigenvalue weighted by atomic mass is 16.5. The van der Waals surface area contributed by atoms with Crippen molar-refractivity contribution >= 4 is 17.9 Å². The van der Waals surface area contributed by atoms with Gasteiger partial charge in [0.2, 0.25) is 0 Å². The van der Waals surface area contributed by atoms with Gasteiger partial charge in [0.1, 0.15) is 0 Å². The molecule has 3 rings (SSSR count). The van der Waals surface area contributed by atoms with Gasteiger partial charge in [-0.1, -0.05) is 78.9 Å². The third-order valence-electron chi connectivity index (χ3n) is 4.95. The zero-order valence-corrected chi connectivity index (χ0v) is 17.9. The number of esters is 1. The number of imide groups is 1. The molecule has 0 spiro atoms. The summed E-state index contributed by atoms with van der Waals surface area (Å²) >= 11 is 0. The fourth-order valence-corrected chi connectivity index (χ4v) is 3.17. The van der Waals surface area contributed by atoms with Crippen molar-refractivity contribution in [3.63, 3.8) is 0 Å². The third kappa shape index (κ3) is 6.80. The van der Waals surface area contributed by atoms with Crippen LogP contribution in [0, 0.1) is 0 Å². The van der Waals surface area contributed by atoms with Gasteiger partial charge in [-0.2, -0.15) is 0 Å². The molecule has 0 radical (unpaired) electrons. The first-order valence-corrected chi connectivity index (χ1v) is 10.5. The molecule has 3 aromatic carbocycles. The molecular weight excluding hydrogens is 404 g/mol. The monoisotopic (exact) mass is 430 g/mol. The zero-order valence-electron chi connectivity index (χ0n) is 17.9. The van der Waals surface area contributed by atoms with Gasteiger partial charge in [-0.05, 0) is 42.5 Å². The van der Waals surface area contributed by atoms with Crippen molar-refractivity contribution < 1.29 is 19.1 Å². The maximum Gasteiger partial charge on any atom is 0.339 e. The number of aryl methyl sites for hydroxylation is 2. The van der Waals surface area contributed by atoms with Crippen molar-refractivity contribution in [1.82, 2.24) is 10.6 Å². The van der Waals surface area contributed by atoms with Gasteiger partial charge in [0.15, 0.2) is 6.10 Å². The van der Waals surface area contributed by atoms with E-state index < -0.39 is 24.0 Å². The van der Waals surface area contributed by atoms with Crippen molar-refractivity contribution in [1.29, 1.82) is 0 Å². The number of benzene rings is 3. The first kappa shape index (κ1) is 22.7. The fourth-order valence-electron chi connectivity index (χ4n) is 3.17. The first-order chi connectivity index (χ1) is 15.5. The maximum atomic E-state index is 12.7. The lowest BCUT2D eigenvalue weighted by atomic mass is 10.00. The molecule has 0 aliphatic rings. The summed E-state index contributed by atoms with van der Waals surface area (Å²) in [6, 6.07) is 25.8. The lowest BCUT2D eigenvalue weighted by Gasteiger charge is -2.15. The average molecular weight is 431 g/mol. The number of carbonyl (C=O) groups excluding carboxylic acids is 3. The van der Waals surface area contributed by atoms with Gasteiger partial charge in [0.25, 0.3) is 5.91 Å². The van der Waals surface area contributed by atoms with Crippen LogP contribution in [0.2, 0.25) is 0 Å². The molecule has 1 unspecified atom stereocenters. The van der Waals surface area contributed by atoms with Gasteiger partial charge >= 0.3 is 12.0 Å². The van der Waals surface area contributed by atoms with Crippen LogP contribution in [0.4, 0.5) is 4.79 Å². The Labute approximate surface area is 187 Å². The van der Waals surface area contributed by atoms with Crippen molar-refractivity contribution in [3.05, 3.63) is 107 Å². The molecule has 0 bridgehead atoms. The van der Waals surface area contributed by atoms with E-state index in [4.69, 9.17) is 4.74 Å². The molecule has 164 valence electrons. The molecular formula is C26H26N2O4. The van der Waals surface area contributed by atoms with Crippen LogP contribution in [0.1, 0.15) is 34.0 Å².